The van der Waals surface area contributed by atoms with Crippen molar-refractivity contribution in [1.82, 2.24) is 5.32 Å². The van der Waals surface area contributed by atoms with Crippen molar-refractivity contribution < 1.29 is 23.5 Å². The summed E-state index contributed by atoms with van der Waals surface area (Å²) >= 11 is 5.76. The zero-order valence-corrected chi connectivity index (χ0v) is 14.1. The maximum Gasteiger partial charge on any atom is 0.310 e. The molecule has 0 aliphatic rings. The summed E-state index contributed by atoms with van der Waals surface area (Å²) in [6, 6.07) is 12.4. The van der Waals surface area contributed by atoms with Gasteiger partial charge >= 0.3 is 5.97 Å². The van der Waals surface area contributed by atoms with E-state index in [9.17, 15) is 14.0 Å². The van der Waals surface area contributed by atoms with Crippen molar-refractivity contribution in [2.75, 3.05) is 19.8 Å². The molecule has 0 aliphatic heterocycles. The van der Waals surface area contributed by atoms with E-state index in [1.165, 1.54) is 24.3 Å². The third-order valence-electron chi connectivity index (χ3n) is 3.13. The summed E-state index contributed by atoms with van der Waals surface area (Å²) < 4.78 is 23.0. The number of nitrogens with one attached hydrogen (secondary N) is 1. The van der Waals surface area contributed by atoms with E-state index < -0.39 is 11.9 Å². The number of hydrogen-bond acceptors (Lipinski definition) is 4. The molecule has 7 heteroatoms. The quantitative estimate of drug-likeness (QED) is 0.577. The molecule has 0 radical (unpaired) electrons. The lowest BCUT2D eigenvalue weighted by Crippen LogP contribution is -2.32. The molecule has 0 spiro atoms. The van der Waals surface area contributed by atoms with Crippen molar-refractivity contribution in [2.24, 2.45) is 0 Å². The van der Waals surface area contributed by atoms with Crippen LogP contribution in [0, 0.1) is 5.82 Å². The largest absolute Gasteiger partial charge is 0.492 e. The highest BCUT2D eigenvalue weighted by Gasteiger charge is 2.08. The predicted octanol–water partition coefficient (Wildman–Crippen LogP) is 2.76. The summed E-state index contributed by atoms with van der Waals surface area (Å²) in [4.78, 5) is 23.2. The summed E-state index contributed by atoms with van der Waals surface area (Å²) in [5, 5.41) is 3.19. The fourth-order valence-electron chi connectivity index (χ4n) is 1.91. The number of hydrogen-bond donors (Lipinski definition) is 1. The number of benzene rings is 2. The molecule has 25 heavy (non-hydrogen) atoms. The Hall–Kier alpha value is -2.60. The van der Waals surface area contributed by atoms with E-state index in [-0.39, 0.29) is 32.0 Å². The zero-order valence-electron chi connectivity index (χ0n) is 13.3. The van der Waals surface area contributed by atoms with Crippen molar-refractivity contribution in [3.63, 3.8) is 0 Å². The number of ether oxygens (including phenoxy) is 2. The summed E-state index contributed by atoms with van der Waals surface area (Å²) in [5.41, 5.74) is 0.614. The monoisotopic (exact) mass is 365 g/mol. The third-order valence-corrected chi connectivity index (χ3v) is 3.38. The van der Waals surface area contributed by atoms with E-state index >= 15 is 0 Å². The van der Waals surface area contributed by atoms with Gasteiger partial charge in [-0.25, -0.2) is 4.39 Å². The molecule has 1 N–H and O–H groups in total. The molecular formula is C18H17ClFNO4. The van der Waals surface area contributed by atoms with Crippen molar-refractivity contribution in [3.8, 4) is 5.75 Å². The Morgan fingerprint density at radius 1 is 1.04 bits per heavy atom. The first-order chi connectivity index (χ1) is 12.0. The van der Waals surface area contributed by atoms with Crippen LogP contribution in [0.4, 0.5) is 4.39 Å². The van der Waals surface area contributed by atoms with Crippen molar-refractivity contribution in [2.45, 2.75) is 6.42 Å². The normalized spacial score (nSPS) is 10.2. The first-order valence-electron chi connectivity index (χ1n) is 7.58. The first kappa shape index (κ1) is 18.7. The number of carbonyl (C=O) groups excluding carboxylic acids is 2. The fraction of sp³-hybridized carbons (Fsp3) is 0.222. The van der Waals surface area contributed by atoms with Gasteiger partial charge < -0.3 is 14.8 Å². The van der Waals surface area contributed by atoms with Crippen LogP contribution in [0.15, 0.2) is 48.5 Å². The molecule has 0 unspecified atom stereocenters. The van der Waals surface area contributed by atoms with Gasteiger partial charge in [0.25, 0.3) is 5.91 Å². The second-order valence-electron chi connectivity index (χ2n) is 5.12. The van der Waals surface area contributed by atoms with Gasteiger partial charge in [0, 0.05) is 5.02 Å². The van der Waals surface area contributed by atoms with E-state index in [4.69, 9.17) is 21.1 Å². The molecule has 0 aromatic heterocycles. The minimum absolute atomic E-state index is 0.0206. The Kier molecular flexibility index (Phi) is 7.22. The molecule has 0 saturated carbocycles. The van der Waals surface area contributed by atoms with Gasteiger partial charge in [0.05, 0.1) is 13.0 Å². The SMILES string of the molecule is O=C(COC(=O)Cc1ccc(F)cc1)NCCOc1ccc(Cl)cc1. The third kappa shape index (κ3) is 7.22. The summed E-state index contributed by atoms with van der Waals surface area (Å²) in [6.45, 7) is 0.175. The second-order valence-corrected chi connectivity index (χ2v) is 5.55. The van der Waals surface area contributed by atoms with Crippen LogP contribution in [0.1, 0.15) is 5.56 Å². The van der Waals surface area contributed by atoms with Crippen LogP contribution in [-0.2, 0) is 20.7 Å². The highest BCUT2D eigenvalue weighted by atomic mass is 35.5. The Bertz CT molecular complexity index is 704. The van der Waals surface area contributed by atoms with Crippen LogP contribution in [0.2, 0.25) is 5.02 Å². The van der Waals surface area contributed by atoms with E-state index in [1.807, 2.05) is 0 Å². The van der Waals surface area contributed by atoms with Crippen LogP contribution in [0.5, 0.6) is 5.75 Å². The average Bonchev–Trinajstić information content (AvgIpc) is 2.60. The number of halogens is 2. The van der Waals surface area contributed by atoms with Gasteiger partial charge in [0.2, 0.25) is 0 Å². The molecule has 5 nitrogen and oxygen atoms in total. The topological polar surface area (TPSA) is 64.6 Å². The minimum Gasteiger partial charge on any atom is -0.492 e. The predicted molar refractivity (Wildman–Crippen MR) is 91.0 cm³/mol. The molecule has 1 amide bonds. The molecule has 0 atom stereocenters. The Balaban J connectivity index is 1.59. The van der Waals surface area contributed by atoms with Gasteiger partial charge in [-0.05, 0) is 42.0 Å². The lowest BCUT2D eigenvalue weighted by atomic mass is 10.1. The fourth-order valence-corrected chi connectivity index (χ4v) is 2.03. The number of amides is 1. The average molecular weight is 366 g/mol. The van der Waals surface area contributed by atoms with Crippen LogP contribution < -0.4 is 10.1 Å². The Morgan fingerprint density at radius 3 is 2.40 bits per heavy atom. The molecule has 132 valence electrons. The van der Waals surface area contributed by atoms with Gasteiger partial charge in [-0.1, -0.05) is 23.7 Å². The summed E-state index contributed by atoms with van der Waals surface area (Å²) in [5.74, 6) is -0.715. The first-order valence-corrected chi connectivity index (χ1v) is 7.96. The maximum atomic E-state index is 12.8. The molecule has 0 heterocycles. The highest BCUT2D eigenvalue weighted by Crippen LogP contribution is 2.15. The van der Waals surface area contributed by atoms with Gasteiger partial charge in [-0.2, -0.15) is 0 Å². The Morgan fingerprint density at radius 2 is 1.72 bits per heavy atom. The number of esters is 1. The number of rotatable bonds is 8. The minimum atomic E-state index is -0.556. The van der Waals surface area contributed by atoms with Crippen LogP contribution >= 0.6 is 11.6 Å². The van der Waals surface area contributed by atoms with Crippen molar-refractivity contribution in [1.29, 1.82) is 0 Å². The van der Waals surface area contributed by atoms with E-state index in [0.29, 0.717) is 16.3 Å². The molecule has 2 aromatic rings. The van der Waals surface area contributed by atoms with E-state index in [1.54, 1.807) is 24.3 Å². The molecule has 0 fully saturated rings. The Labute approximate surface area is 149 Å². The molecule has 0 bridgehead atoms. The molecule has 2 rings (SSSR count). The van der Waals surface area contributed by atoms with Crippen molar-refractivity contribution in [3.05, 3.63) is 64.9 Å². The second kappa shape index (κ2) is 9.64. The summed E-state index contributed by atoms with van der Waals surface area (Å²) in [7, 11) is 0. The molecule has 0 aliphatic carbocycles. The van der Waals surface area contributed by atoms with Crippen LogP contribution in [-0.4, -0.2) is 31.6 Å². The zero-order chi connectivity index (χ0) is 18.1. The molecule has 0 saturated heterocycles. The lowest BCUT2D eigenvalue weighted by molar-refractivity contribution is -0.147. The lowest BCUT2D eigenvalue weighted by Gasteiger charge is -2.08. The van der Waals surface area contributed by atoms with Gasteiger partial charge in [-0.15, -0.1) is 0 Å². The van der Waals surface area contributed by atoms with Crippen LogP contribution in [0.25, 0.3) is 0 Å². The van der Waals surface area contributed by atoms with Crippen LogP contribution in [0.3, 0.4) is 0 Å². The van der Waals surface area contributed by atoms with Gasteiger partial charge in [0.15, 0.2) is 6.61 Å². The van der Waals surface area contributed by atoms with Gasteiger partial charge in [0.1, 0.15) is 18.2 Å². The van der Waals surface area contributed by atoms with Crippen molar-refractivity contribution >= 4 is 23.5 Å². The molecule has 2 aromatic carbocycles. The standard InChI is InChI=1S/C18H17ClFNO4/c19-14-3-7-16(8-4-14)24-10-9-21-17(22)12-25-18(23)11-13-1-5-15(20)6-2-13/h1-8H,9-12H2,(H,21,22). The van der Waals surface area contributed by atoms with E-state index in [0.717, 1.165) is 0 Å². The smallest absolute Gasteiger partial charge is 0.310 e. The maximum absolute atomic E-state index is 12.8. The highest BCUT2D eigenvalue weighted by molar-refractivity contribution is 6.30. The number of carbonyl (C=O) groups is 2. The van der Waals surface area contributed by atoms with Gasteiger partial charge in [-0.3, -0.25) is 9.59 Å². The summed E-state index contributed by atoms with van der Waals surface area (Å²) in [6.07, 6.45) is -0.0206. The van der Waals surface area contributed by atoms with E-state index in [2.05, 4.69) is 5.32 Å². The molecular weight excluding hydrogens is 349 g/mol.